The summed E-state index contributed by atoms with van der Waals surface area (Å²) in [4.78, 5) is 7.33. The van der Waals surface area contributed by atoms with E-state index in [0.717, 1.165) is 0 Å². The monoisotopic (exact) mass is 500 g/mol. The normalized spacial score (nSPS) is 10.0. The molecule has 0 fully saturated rings. The minimum Gasteiger partial charge on any atom is -0.370 e. The van der Waals surface area contributed by atoms with E-state index in [1.165, 1.54) is 24.3 Å². The van der Waals surface area contributed by atoms with Crippen LogP contribution in [-0.4, -0.2) is 29.4 Å². The Balaban J connectivity index is 0.000000479. The Bertz CT molecular complexity index is 915. The van der Waals surface area contributed by atoms with Gasteiger partial charge < -0.3 is 22.9 Å². The first kappa shape index (κ1) is 28.3. The minimum absolute atomic E-state index is 0.0633. The van der Waals surface area contributed by atoms with Gasteiger partial charge in [-0.2, -0.15) is 8.42 Å². The molecule has 2 rings (SSSR count). The van der Waals surface area contributed by atoms with Gasteiger partial charge in [-0.15, -0.1) is 0 Å². The average Bonchev–Trinajstić information content (AvgIpc) is 2.59. The standard InChI is InChI=1S/2C8H9ClFN3.H2O4S/c2*9-6-2-1-3-7(10)5(6)4-13-8(11)12;1-5(2,3)4/h2*1-3H,4H2,(H4,11,12,13);(H2,1,2,3,4). The van der Waals surface area contributed by atoms with E-state index < -0.39 is 22.0 Å². The van der Waals surface area contributed by atoms with Crippen LogP contribution in [0.3, 0.4) is 0 Å². The number of halogens is 4. The molecule has 0 heterocycles. The predicted molar refractivity (Wildman–Crippen MR) is 116 cm³/mol. The molecule has 0 amide bonds. The first-order valence-corrected chi connectivity index (χ1v) is 10.0. The van der Waals surface area contributed by atoms with Crippen LogP contribution in [0.2, 0.25) is 10.0 Å². The fraction of sp³-hybridized carbons (Fsp3) is 0.125. The van der Waals surface area contributed by atoms with Gasteiger partial charge in [-0.3, -0.25) is 9.11 Å². The summed E-state index contributed by atoms with van der Waals surface area (Å²) >= 11 is 11.4. The summed E-state index contributed by atoms with van der Waals surface area (Å²) in [6.07, 6.45) is 0. The van der Waals surface area contributed by atoms with Crippen LogP contribution in [-0.2, 0) is 23.5 Å². The maximum Gasteiger partial charge on any atom is 0.394 e. The number of hydrogen-bond acceptors (Lipinski definition) is 4. The van der Waals surface area contributed by atoms with E-state index in [0.29, 0.717) is 21.2 Å². The fourth-order valence-corrected chi connectivity index (χ4v) is 2.15. The third-order valence-corrected chi connectivity index (χ3v) is 3.67. The van der Waals surface area contributed by atoms with E-state index in [1.54, 1.807) is 12.1 Å². The lowest BCUT2D eigenvalue weighted by atomic mass is 10.2. The first-order chi connectivity index (χ1) is 14.2. The number of nitrogens with zero attached hydrogens (tertiary/aromatic N) is 2. The molecule has 0 radical (unpaired) electrons. The number of aliphatic imine (C=N–C) groups is 2. The molecular weight excluding hydrogens is 481 g/mol. The quantitative estimate of drug-likeness (QED) is 0.207. The molecule has 0 bridgehead atoms. The van der Waals surface area contributed by atoms with E-state index in [2.05, 4.69) is 9.98 Å². The Kier molecular flexibility index (Phi) is 12.4. The van der Waals surface area contributed by atoms with Crippen LogP contribution in [0.5, 0.6) is 0 Å². The van der Waals surface area contributed by atoms with E-state index in [-0.39, 0.29) is 25.0 Å². The van der Waals surface area contributed by atoms with Crippen LogP contribution in [0.4, 0.5) is 8.78 Å². The van der Waals surface area contributed by atoms with E-state index in [9.17, 15) is 8.78 Å². The lowest BCUT2D eigenvalue weighted by molar-refractivity contribution is 0.381. The number of rotatable bonds is 4. The average molecular weight is 501 g/mol. The van der Waals surface area contributed by atoms with Crippen LogP contribution in [0.15, 0.2) is 46.4 Å². The van der Waals surface area contributed by atoms with Crippen molar-refractivity contribution in [1.29, 1.82) is 0 Å². The first-order valence-electron chi connectivity index (χ1n) is 7.88. The second-order valence-electron chi connectivity index (χ2n) is 5.33. The summed E-state index contributed by atoms with van der Waals surface area (Å²) in [6, 6.07) is 8.84. The topological polar surface area (TPSA) is 203 Å². The summed E-state index contributed by atoms with van der Waals surface area (Å²) in [5, 5.41) is 0.648. The predicted octanol–water partition coefficient (Wildman–Crippen LogP) is 1.85. The molecule has 2 aromatic carbocycles. The maximum absolute atomic E-state index is 13.1. The van der Waals surface area contributed by atoms with Crippen molar-refractivity contribution in [2.45, 2.75) is 13.1 Å². The van der Waals surface area contributed by atoms with E-state index >= 15 is 0 Å². The highest BCUT2D eigenvalue weighted by Crippen LogP contribution is 2.20. The molecule has 0 saturated heterocycles. The molecule has 0 aromatic heterocycles. The number of hydrogen-bond donors (Lipinski definition) is 6. The summed E-state index contributed by atoms with van der Waals surface area (Å²) in [7, 11) is -4.67. The van der Waals surface area contributed by atoms with E-state index in [4.69, 9.17) is 63.7 Å². The number of guanidine groups is 2. The number of nitrogens with two attached hydrogens (primary N) is 4. The second-order valence-corrected chi connectivity index (χ2v) is 7.04. The van der Waals surface area contributed by atoms with Gasteiger partial charge in [0.05, 0.1) is 13.1 Å². The molecule has 2 aromatic rings. The van der Waals surface area contributed by atoms with Gasteiger partial charge in [-0.25, -0.2) is 18.8 Å². The SMILES string of the molecule is NC(N)=NCc1c(F)cccc1Cl.NC(N)=NCc1c(F)cccc1Cl.O=S(=O)(O)O. The zero-order valence-corrected chi connectivity index (χ0v) is 18.0. The largest absolute Gasteiger partial charge is 0.394 e. The summed E-state index contributed by atoms with van der Waals surface area (Å²) in [6.45, 7) is 0.127. The fourth-order valence-electron chi connectivity index (χ4n) is 1.71. The van der Waals surface area contributed by atoms with Crippen LogP contribution in [0.1, 0.15) is 11.1 Å². The molecule has 0 saturated carbocycles. The summed E-state index contributed by atoms with van der Waals surface area (Å²) in [5.74, 6) is -0.978. The van der Waals surface area contributed by atoms with Crippen LogP contribution >= 0.6 is 23.2 Å². The smallest absolute Gasteiger partial charge is 0.370 e. The van der Waals surface area contributed by atoms with Gasteiger partial charge in [-0.1, -0.05) is 35.3 Å². The van der Waals surface area contributed by atoms with Gasteiger partial charge in [-0.05, 0) is 24.3 Å². The van der Waals surface area contributed by atoms with Crippen molar-refractivity contribution in [3.8, 4) is 0 Å². The highest BCUT2D eigenvalue weighted by atomic mass is 35.5. The van der Waals surface area contributed by atoms with Crippen molar-refractivity contribution in [3.05, 3.63) is 69.2 Å². The molecule has 0 aliphatic carbocycles. The van der Waals surface area contributed by atoms with Gasteiger partial charge in [0.25, 0.3) is 0 Å². The molecule has 0 aliphatic heterocycles. The molecule has 10 N–H and O–H groups in total. The third-order valence-electron chi connectivity index (χ3n) is 2.96. The lowest BCUT2D eigenvalue weighted by Crippen LogP contribution is -2.22. The van der Waals surface area contributed by atoms with Crippen molar-refractivity contribution >= 4 is 45.5 Å². The Labute approximate surface area is 187 Å². The van der Waals surface area contributed by atoms with Crippen LogP contribution in [0.25, 0.3) is 0 Å². The van der Waals surface area contributed by atoms with Gasteiger partial charge in [0.1, 0.15) is 11.6 Å². The number of benzene rings is 2. The van der Waals surface area contributed by atoms with Gasteiger partial charge >= 0.3 is 10.4 Å². The molecule has 0 unspecified atom stereocenters. The Morgan fingerprint density at radius 1 is 0.806 bits per heavy atom. The van der Waals surface area contributed by atoms with E-state index in [1.807, 2.05) is 0 Å². The molecule has 172 valence electrons. The van der Waals surface area contributed by atoms with Crippen molar-refractivity contribution in [2.75, 3.05) is 0 Å². The molecule has 0 atom stereocenters. The Morgan fingerprint density at radius 3 is 1.32 bits per heavy atom. The summed E-state index contributed by atoms with van der Waals surface area (Å²) in [5.41, 5.74) is 21.0. The lowest BCUT2D eigenvalue weighted by Gasteiger charge is -2.01. The minimum atomic E-state index is -4.67. The third kappa shape index (κ3) is 14.0. The Morgan fingerprint density at radius 2 is 1.10 bits per heavy atom. The maximum atomic E-state index is 13.1. The highest BCUT2D eigenvalue weighted by Gasteiger charge is 2.06. The molecule has 0 spiro atoms. The zero-order chi connectivity index (χ0) is 24.2. The van der Waals surface area contributed by atoms with Crippen molar-refractivity contribution in [3.63, 3.8) is 0 Å². The van der Waals surface area contributed by atoms with Crippen molar-refractivity contribution in [1.82, 2.24) is 0 Å². The summed E-state index contributed by atoms with van der Waals surface area (Å²) < 4.78 is 57.7. The van der Waals surface area contributed by atoms with Gasteiger partial charge in [0.2, 0.25) is 0 Å². The van der Waals surface area contributed by atoms with Gasteiger partial charge in [0.15, 0.2) is 11.9 Å². The molecular formula is C16H20Cl2F2N6O4S. The van der Waals surface area contributed by atoms with Crippen molar-refractivity contribution in [2.24, 2.45) is 32.9 Å². The van der Waals surface area contributed by atoms with Crippen molar-refractivity contribution < 1.29 is 26.3 Å². The zero-order valence-electron chi connectivity index (χ0n) is 15.7. The molecule has 15 heteroatoms. The van der Waals surface area contributed by atoms with Crippen LogP contribution in [0, 0.1) is 11.6 Å². The molecule has 10 nitrogen and oxygen atoms in total. The molecule has 0 aliphatic rings. The molecule has 31 heavy (non-hydrogen) atoms. The van der Waals surface area contributed by atoms with Gasteiger partial charge in [0, 0.05) is 21.2 Å². The van der Waals surface area contributed by atoms with Crippen LogP contribution < -0.4 is 22.9 Å². The second kappa shape index (κ2) is 13.6. The highest BCUT2D eigenvalue weighted by molar-refractivity contribution is 7.79. The Hall–Kier alpha value is -2.71.